The van der Waals surface area contributed by atoms with Gasteiger partial charge in [-0.1, -0.05) is 19.9 Å². The van der Waals surface area contributed by atoms with Crippen LogP contribution in [-0.4, -0.2) is 49.0 Å². The molecule has 0 saturated carbocycles. The number of nitrogens with one attached hydrogen (secondary N) is 2. The molecule has 0 radical (unpaired) electrons. The first-order valence-electron chi connectivity index (χ1n) is 7.10. The minimum absolute atomic E-state index is 0.273. The first-order valence-corrected chi connectivity index (χ1v) is 7.98. The monoisotopic (exact) mass is 339 g/mol. The molecule has 3 amide bonds. The number of rotatable bonds is 7. The molecule has 0 aliphatic carbocycles. The van der Waals surface area contributed by atoms with E-state index >= 15 is 0 Å². The largest absolute Gasteiger partial charge is 0.347 e. The summed E-state index contributed by atoms with van der Waals surface area (Å²) in [6.45, 7) is 2.84. The minimum atomic E-state index is -0.810. The van der Waals surface area contributed by atoms with E-state index < -0.39 is 29.6 Å². The summed E-state index contributed by atoms with van der Waals surface area (Å²) < 4.78 is 0. The van der Waals surface area contributed by atoms with E-state index in [1.54, 1.807) is 45.5 Å². The molecule has 1 aromatic heterocycles. The smallest absolute Gasteiger partial charge is 0.288 e. The number of thiophene rings is 1. The van der Waals surface area contributed by atoms with Crippen LogP contribution in [0.5, 0.6) is 0 Å². The zero-order chi connectivity index (χ0) is 17.6. The molecule has 23 heavy (non-hydrogen) atoms. The molecule has 1 aromatic rings. The van der Waals surface area contributed by atoms with Gasteiger partial charge < -0.3 is 15.5 Å². The van der Waals surface area contributed by atoms with Crippen molar-refractivity contribution in [2.24, 2.45) is 5.92 Å². The average molecular weight is 339 g/mol. The van der Waals surface area contributed by atoms with Crippen molar-refractivity contribution in [2.75, 3.05) is 20.6 Å². The van der Waals surface area contributed by atoms with Gasteiger partial charge in [0.25, 0.3) is 5.91 Å². The second-order valence-corrected chi connectivity index (χ2v) is 6.43. The number of carbonyl (C=O) groups is 4. The molecular weight excluding hydrogens is 318 g/mol. The lowest BCUT2D eigenvalue weighted by atomic mass is 10.1. The highest BCUT2D eigenvalue weighted by atomic mass is 32.1. The fourth-order valence-electron chi connectivity index (χ4n) is 1.69. The lowest BCUT2D eigenvalue weighted by Crippen LogP contribution is -2.45. The molecule has 0 aliphatic rings. The normalized spacial score (nSPS) is 11.7. The maximum absolute atomic E-state index is 12.2. The average Bonchev–Trinajstić information content (AvgIpc) is 3.02. The van der Waals surface area contributed by atoms with Gasteiger partial charge in [-0.15, -0.1) is 11.3 Å². The number of ketones is 1. The number of Topliss-reactive ketones (excluding diaryl/α,β-unsaturated/α-hetero) is 1. The quantitative estimate of drug-likeness (QED) is 0.700. The van der Waals surface area contributed by atoms with Gasteiger partial charge in [0, 0.05) is 24.9 Å². The predicted molar refractivity (Wildman–Crippen MR) is 86.8 cm³/mol. The number of hydrogen-bond donors (Lipinski definition) is 2. The van der Waals surface area contributed by atoms with Gasteiger partial charge in [-0.3, -0.25) is 19.2 Å². The van der Waals surface area contributed by atoms with E-state index in [-0.39, 0.29) is 12.5 Å². The molecular formula is C15H21N3O4S. The topological polar surface area (TPSA) is 95.6 Å². The van der Waals surface area contributed by atoms with Crippen LogP contribution in [0.2, 0.25) is 0 Å². The summed E-state index contributed by atoms with van der Waals surface area (Å²) >= 11 is 1.35. The number of nitrogens with zero attached hydrogens (tertiary/aromatic N) is 1. The lowest BCUT2D eigenvalue weighted by Gasteiger charge is -2.20. The molecule has 2 N–H and O–H groups in total. The molecule has 1 rings (SSSR count). The van der Waals surface area contributed by atoms with Gasteiger partial charge in [0.1, 0.15) is 6.04 Å². The van der Waals surface area contributed by atoms with E-state index in [4.69, 9.17) is 0 Å². The summed E-state index contributed by atoms with van der Waals surface area (Å²) in [4.78, 5) is 49.2. The Bertz CT molecular complexity index is 582. The molecule has 126 valence electrons. The molecule has 0 aliphatic heterocycles. The highest BCUT2D eigenvalue weighted by Gasteiger charge is 2.25. The summed E-state index contributed by atoms with van der Waals surface area (Å²) in [7, 11) is 3.19. The van der Waals surface area contributed by atoms with Crippen LogP contribution < -0.4 is 10.6 Å². The van der Waals surface area contributed by atoms with Crippen LogP contribution in [0.25, 0.3) is 0 Å². The van der Waals surface area contributed by atoms with Crippen LogP contribution in [-0.2, 0) is 19.2 Å². The second kappa shape index (κ2) is 8.42. The van der Waals surface area contributed by atoms with Crippen molar-refractivity contribution in [3.8, 4) is 0 Å². The Balaban J connectivity index is 2.66. The van der Waals surface area contributed by atoms with E-state index in [0.717, 1.165) is 0 Å². The zero-order valence-corrected chi connectivity index (χ0v) is 14.4. The predicted octanol–water partition coefficient (Wildman–Crippen LogP) is 0.335. The van der Waals surface area contributed by atoms with Gasteiger partial charge >= 0.3 is 0 Å². The Morgan fingerprint density at radius 2 is 1.87 bits per heavy atom. The third-order valence-corrected chi connectivity index (χ3v) is 3.92. The van der Waals surface area contributed by atoms with E-state index in [2.05, 4.69) is 10.6 Å². The fraction of sp³-hybridized carbons (Fsp3) is 0.467. The van der Waals surface area contributed by atoms with Gasteiger partial charge in [-0.25, -0.2) is 0 Å². The Morgan fingerprint density at radius 1 is 1.22 bits per heavy atom. The van der Waals surface area contributed by atoms with E-state index in [1.807, 2.05) is 0 Å². The Kier molecular flexibility index (Phi) is 6.89. The third kappa shape index (κ3) is 5.48. The van der Waals surface area contributed by atoms with Gasteiger partial charge in [-0.2, -0.15) is 0 Å². The maximum atomic E-state index is 12.2. The number of carbonyl (C=O) groups excluding carboxylic acids is 4. The number of amides is 3. The first-order chi connectivity index (χ1) is 10.7. The molecule has 1 heterocycles. The molecule has 0 spiro atoms. The van der Waals surface area contributed by atoms with Crippen molar-refractivity contribution in [2.45, 2.75) is 19.9 Å². The van der Waals surface area contributed by atoms with Crippen molar-refractivity contribution < 1.29 is 19.2 Å². The molecule has 0 aromatic carbocycles. The summed E-state index contributed by atoms with van der Waals surface area (Å²) in [5, 5.41) is 6.64. The van der Waals surface area contributed by atoms with Crippen molar-refractivity contribution >= 4 is 34.8 Å². The SMILES string of the molecule is CC(C)C(=O)C(=O)NCC(=O)NC(C(=O)N(C)C)c1cccs1. The Labute approximate surface area is 139 Å². The fourth-order valence-corrected chi connectivity index (χ4v) is 2.46. The molecule has 8 heteroatoms. The first kappa shape index (κ1) is 18.8. The lowest BCUT2D eigenvalue weighted by molar-refractivity contribution is -0.140. The summed E-state index contributed by atoms with van der Waals surface area (Å²) in [6.07, 6.45) is 0. The van der Waals surface area contributed by atoms with E-state index in [9.17, 15) is 19.2 Å². The molecule has 1 atom stereocenters. The van der Waals surface area contributed by atoms with Crippen LogP contribution in [0.15, 0.2) is 17.5 Å². The Hall–Kier alpha value is -2.22. The van der Waals surface area contributed by atoms with E-state index in [1.165, 1.54) is 16.2 Å². The highest BCUT2D eigenvalue weighted by Crippen LogP contribution is 2.20. The van der Waals surface area contributed by atoms with Gasteiger partial charge in [0.05, 0.1) is 6.54 Å². The minimum Gasteiger partial charge on any atom is -0.347 e. The molecule has 0 bridgehead atoms. The van der Waals surface area contributed by atoms with Gasteiger partial charge in [0.15, 0.2) is 0 Å². The van der Waals surface area contributed by atoms with Crippen molar-refractivity contribution in [1.29, 1.82) is 0 Å². The van der Waals surface area contributed by atoms with Crippen LogP contribution in [0.4, 0.5) is 0 Å². The van der Waals surface area contributed by atoms with Crippen LogP contribution in [0, 0.1) is 5.92 Å². The van der Waals surface area contributed by atoms with Gasteiger partial charge in [0.2, 0.25) is 17.6 Å². The van der Waals surface area contributed by atoms with E-state index in [0.29, 0.717) is 4.88 Å². The summed E-state index contributed by atoms with van der Waals surface area (Å²) in [5.74, 6) is -2.64. The molecule has 0 fully saturated rings. The maximum Gasteiger partial charge on any atom is 0.288 e. The molecule has 0 saturated heterocycles. The van der Waals surface area contributed by atoms with Crippen molar-refractivity contribution in [1.82, 2.24) is 15.5 Å². The van der Waals surface area contributed by atoms with Crippen LogP contribution in [0.1, 0.15) is 24.8 Å². The van der Waals surface area contributed by atoms with Gasteiger partial charge in [-0.05, 0) is 11.4 Å². The number of likely N-dealkylation sites (N-methyl/N-ethyl adjacent to an activating group) is 1. The Morgan fingerprint density at radius 3 is 2.35 bits per heavy atom. The summed E-state index contributed by atoms with van der Waals surface area (Å²) in [5.41, 5.74) is 0. The van der Waals surface area contributed by atoms with Crippen molar-refractivity contribution in [3.63, 3.8) is 0 Å². The van der Waals surface area contributed by atoms with Crippen molar-refractivity contribution in [3.05, 3.63) is 22.4 Å². The third-order valence-electron chi connectivity index (χ3n) is 2.98. The number of hydrogen-bond acceptors (Lipinski definition) is 5. The second-order valence-electron chi connectivity index (χ2n) is 5.45. The highest BCUT2D eigenvalue weighted by molar-refractivity contribution is 7.10. The molecule has 1 unspecified atom stereocenters. The van der Waals surface area contributed by atoms with Crippen LogP contribution >= 0.6 is 11.3 Å². The van der Waals surface area contributed by atoms with Crippen LogP contribution in [0.3, 0.4) is 0 Å². The standard InChI is InChI=1S/C15H21N3O4S/c1-9(2)13(20)14(21)16-8-11(19)17-12(15(22)18(3)4)10-6-5-7-23-10/h5-7,9,12H,8H2,1-4H3,(H,16,21)(H,17,19). The molecule has 7 nitrogen and oxygen atoms in total. The zero-order valence-electron chi connectivity index (χ0n) is 13.6. The summed E-state index contributed by atoms with van der Waals surface area (Å²) in [6, 6.07) is 2.72.